The molecule has 0 amide bonds. The molecule has 1 atom stereocenters. The minimum Gasteiger partial charge on any atom is -0.493 e. The summed E-state index contributed by atoms with van der Waals surface area (Å²) in [6.45, 7) is 2.93. The van der Waals surface area contributed by atoms with Gasteiger partial charge in [-0.15, -0.1) is 0 Å². The van der Waals surface area contributed by atoms with E-state index >= 15 is 0 Å². The lowest BCUT2D eigenvalue weighted by Crippen LogP contribution is -2.18. The maximum absolute atomic E-state index is 5.85. The molecule has 1 aliphatic carbocycles. The fourth-order valence-electron chi connectivity index (χ4n) is 2.17. The van der Waals surface area contributed by atoms with Gasteiger partial charge in [-0.3, -0.25) is 0 Å². The van der Waals surface area contributed by atoms with E-state index in [2.05, 4.69) is 0 Å². The van der Waals surface area contributed by atoms with Gasteiger partial charge in [0.25, 0.3) is 0 Å². The predicted molar refractivity (Wildman–Crippen MR) is 81.1 cm³/mol. The second-order valence-electron chi connectivity index (χ2n) is 5.59. The molecule has 5 nitrogen and oxygen atoms in total. The Hall–Kier alpha value is -1.46. The van der Waals surface area contributed by atoms with Crippen LogP contribution in [0.1, 0.15) is 25.3 Å². The van der Waals surface area contributed by atoms with E-state index < -0.39 is 0 Å². The van der Waals surface area contributed by atoms with Gasteiger partial charge in [-0.05, 0) is 49.8 Å². The number of rotatable bonds is 9. The molecule has 0 spiro atoms. The fraction of sp³-hybridized carbons (Fsp3) is 0.625. The van der Waals surface area contributed by atoms with Crippen molar-refractivity contribution >= 4 is 0 Å². The van der Waals surface area contributed by atoms with Gasteiger partial charge in [0.1, 0.15) is 0 Å². The standard InChI is InChI=1S/C16H25NO4/c1-11(17)6-13-7-14(18-2)16(15(8-13)19-3)21-10-20-9-12-4-5-12/h7-8,11-12H,4-6,9-10,17H2,1-3H3. The number of benzene rings is 1. The van der Waals surface area contributed by atoms with Crippen LogP contribution < -0.4 is 19.9 Å². The minimum absolute atomic E-state index is 0.0769. The molecule has 1 aliphatic rings. The third-order valence-corrected chi connectivity index (χ3v) is 3.42. The van der Waals surface area contributed by atoms with Gasteiger partial charge < -0.3 is 24.7 Å². The molecular formula is C16H25NO4. The van der Waals surface area contributed by atoms with Crippen molar-refractivity contribution in [3.63, 3.8) is 0 Å². The van der Waals surface area contributed by atoms with E-state index in [0.717, 1.165) is 18.6 Å². The highest BCUT2D eigenvalue weighted by atomic mass is 16.7. The number of methoxy groups -OCH3 is 2. The van der Waals surface area contributed by atoms with E-state index in [-0.39, 0.29) is 12.8 Å². The van der Waals surface area contributed by atoms with Crippen molar-refractivity contribution in [1.82, 2.24) is 0 Å². The number of hydrogen-bond acceptors (Lipinski definition) is 5. The third kappa shape index (κ3) is 4.79. The van der Waals surface area contributed by atoms with Crippen LogP contribution in [-0.2, 0) is 11.2 Å². The van der Waals surface area contributed by atoms with Crippen LogP contribution in [0.15, 0.2) is 12.1 Å². The maximum Gasteiger partial charge on any atom is 0.206 e. The van der Waals surface area contributed by atoms with Gasteiger partial charge in [-0.25, -0.2) is 0 Å². The Morgan fingerprint density at radius 2 is 1.81 bits per heavy atom. The first-order chi connectivity index (χ1) is 10.1. The van der Waals surface area contributed by atoms with Crippen LogP contribution >= 0.6 is 0 Å². The molecule has 118 valence electrons. The van der Waals surface area contributed by atoms with Crippen LogP contribution in [0.5, 0.6) is 17.2 Å². The van der Waals surface area contributed by atoms with Crippen molar-refractivity contribution in [2.45, 2.75) is 32.2 Å². The first-order valence-corrected chi connectivity index (χ1v) is 7.35. The average molecular weight is 295 g/mol. The first kappa shape index (κ1) is 15.9. The van der Waals surface area contributed by atoms with Crippen LogP contribution in [0, 0.1) is 5.92 Å². The Morgan fingerprint density at radius 3 is 2.29 bits per heavy atom. The minimum atomic E-state index is 0.0769. The van der Waals surface area contributed by atoms with E-state index in [1.54, 1.807) is 14.2 Å². The molecule has 2 N–H and O–H groups in total. The lowest BCUT2D eigenvalue weighted by atomic mass is 10.1. The van der Waals surface area contributed by atoms with Crippen molar-refractivity contribution in [1.29, 1.82) is 0 Å². The zero-order valence-corrected chi connectivity index (χ0v) is 13.1. The van der Waals surface area contributed by atoms with E-state index in [0.29, 0.717) is 23.2 Å². The summed E-state index contributed by atoms with van der Waals surface area (Å²) in [5.74, 6) is 2.56. The van der Waals surface area contributed by atoms with Crippen molar-refractivity contribution < 1.29 is 18.9 Å². The zero-order chi connectivity index (χ0) is 15.2. The average Bonchev–Trinajstić information content (AvgIpc) is 3.27. The van der Waals surface area contributed by atoms with E-state index in [4.69, 9.17) is 24.7 Å². The lowest BCUT2D eigenvalue weighted by Gasteiger charge is -2.16. The summed E-state index contributed by atoms with van der Waals surface area (Å²) < 4.78 is 22.0. The lowest BCUT2D eigenvalue weighted by molar-refractivity contribution is 0.00727. The van der Waals surface area contributed by atoms with Gasteiger partial charge in [-0.2, -0.15) is 0 Å². The summed E-state index contributed by atoms with van der Waals surface area (Å²) in [7, 11) is 3.23. The third-order valence-electron chi connectivity index (χ3n) is 3.42. The van der Waals surface area contributed by atoms with Crippen LogP contribution in [0.2, 0.25) is 0 Å². The van der Waals surface area contributed by atoms with Gasteiger partial charge in [0, 0.05) is 6.04 Å². The van der Waals surface area contributed by atoms with E-state index in [9.17, 15) is 0 Å². The van der Waals surface area contributed by atoms with Crippen LogP contribution in [0.4, 0.5) is 0 Å². The van der Waals surface area contributed by atoms with Gasteiger partial charge in [0.15, 0.2) is 18.3 Å². The van der Waals surface area contributed by atoms with Crippen molar-refractivity contribution in [3.05, 3.63) is 17.7 Å². The second-order valence-corrected chi connectivity index (χ2v) is 5.59. The Morgan fingerprint density at radius 1 is 1.19 bits per heavy atom. The van der Waals surface area contributed by atoms with Crippen molar-refractivity contribution in [2.24, 2.45) is 11.7 Å². The first-order valence-electron chi connectivity index (χ1n) is 7.35. The van der Waals surface area contributed by atoms with Crippen molar-refractivity contribution in [3.8, 4) is 17.2 Å². The molecule has 1 aromatic rings. The highest BCUT2D eigenvalue weighted by Crippen LogP contribution is 2.39. The Kier molecular flexibility index (Phi) is 5.70. The highest BCUT2D eigenvalue weighted by Gasteiger charge is 2.21. The van der Waals surface area contributed by atoms with Gasteiger partial charge in [-0.1, -0.05) is 0 Å². The number of ether oxygens (including phenoxy) is 4. The van der Waals surface area contributed by atoms with Gasteiger partial charge in [0.05, 0.1) is 20.8 Å². The molecule has 5 heteroatoms. The molecule has 0 bridgehead atoms. The number of hydrogen-bond donors (Lipinski definition) is 1. The molecule has 1 unspecified atom stereocenters. The Bertz CT molecular complexity index is 433. The van der Waals surface area contributed by atoms with Crippen LogP contribution in [-0.4, -0.2) is 33.7 Å². The summed E-state index contributed by atoms with van der Waals surface area (Å²) in [6.07, 6.45) is 3.28. The highest BCUT2D eigenvalue weighted by molar-refractivity contribution is 5.54. The largest absolute Gasteiger partial charge is 0.493 e. The normalized spacial score (nSPS) is 15.6. The number of nitrogens with two attached hydrogens (primary N) is 1. The van der Waals surface area contributed by atoms with Crippen LogP contribution in [0.3, 0.4) is 0 Å². The fourth-order valence-corrected chi connectivity index (χ4v) is 2.17. The maximum atomic E-state index is 5.85. The van der Waals surface area contributed by atoms with Crippen LogP contribution in [0.25, 0.3) is 0 Å². The molecule has 0 aliphatic heterocycles. The summed E-state index contributed by atoms with van der Waals surface area (Å²) in [6, 6.07) is 3.94. The van der Waals surface area contributed by atoms with E-state index in [1.807, 2.05) is 19.1 Å². The summed E-state index contributed by atoms with van der Waals surface area (Å²) >= 11 is 0. The second kappa shape index (κ2) is 7.52. The quantitative estimate of drug-likeness (QED) is 0.560. The van der Waals surface area contributed by atoms with Gasteiger partial charge >= 0.3 is 0 Å². The molecule has 2 rings (SSSR count). The van der Waals surface area contributed by atoms with Gasteiger partial charge in [0.2, 0.25) is 5.75 Å². The predicted octanol–water partition coefficient (Wildman–Crippen LogP) is 2.36. The monoisotopic (exact) mass is 295 g/mol. The summed E-state index contributed by atoms with van der Waals surface area (Å²) in [5.41, 5.74) is 6.91. The molecule has 1 saturated carbocycles. The smallest absolute Gasteiger partial charge is 0.206 e. The Labute approximate surface area is 126 Å². The molecule has 21 heavy (non-hydrogen) atoms. The topological polar surface area (TPSA) is 62.9 Å². The Balaban J connectivity index is 2.05. The molecule has 0 aromatic heterocycles. The molecule has 0 heterocycles. The molecule has 0 saturated heterocycles. The zero-order valence-electron chi connectivity index (χ0n) is 13.1. The molecular weight excluding hydrogens is 270 g/mol. The summed E-state index contributed by atoms with van der Waals surface area (Å²) in [4.78, 5) is 0. The molecule has 0 radical (unpaired) electrons. The molecule has 1 fully saturated rings. The van der Waals surface area contributed by atoms with Crippen molar-refractivity contribution in [2.75, 3.05) is 27.6 Å². The molecule has 1 aromatic carbocycles. The van der Waals surface area contributed by atoms with E-state index in [1.165, 1.54) is 12.8 Å². The summed E-state index contributed by atoms with van der Waals surface area (Å²) in [5, 5.41) is 0. The SMILES string of the molecule is COc1cc(CC(C)N)cc(OC)c1OCOCC1CC1.